The molecule has 0 saturated carbocycles. The van der Waals surface area contributed by atoms with Crippen LogP contribution in [0.1, 0.15) is 12.5 Å². The van der Waals surface area contributed by atoms with E-state index in [-0.39, 0.29) is 12.5 Å². The van der Waals surface area contributed by atoms with E-state index in [1.54, 1.807) is 6.20 Å². The van der Waals surface area contributed by atoms with Gasteiger partial charge in [-0.05, 0) is 25.1 Å². The molecule has 2 aromatic carbocycles. The highest BCUT2D eigenvalue weighted by Crippen LogP contribution is 2.36. The lowest BCUT2D eigenvalue weighted by Gasteiger charge is -2.36. The zero-order valence-corrected chi connectivity index (χ0v) is 18.6. The van der Waals surface area contributed by atoms with E-state index < -0.39 is 0 Å². The Morgan fingerprint density at radius 3 is 2.64 bits per heavy atom. The lowest BCUT2D eigenvalue weighted by Crippen LogP contribution is -2.49. The summed E-state index contributed by atoms with van der Waals surface area (Å²) in [6.07, 6.45) is 3.72. The lowest BCUT2D eigenvalue weighted by molar-refractivity contribution is -0.127. The molecule has 2 aliphatic heterocycles. The molecule has 33 heavy (non-hydrogen) atoms. The molecule has 7 heteroatoms. The van der Waals surface area contributed by atoms with Gasteiger partial charge in [-0.25, -0.2) is 9.97 Å². The Balaban J connectivity index is 1.26. The molecule has 1 saturated heterocycles. The number of piperazine rings is 1. The quantitative estimate of drug-likeness (QED) is 0.601. The Labute approximate surface area is 193 Å². The highest BCUT2D eigenvalue weighted by Gasteiger charge is 2.27. The maximum Gasteiger partial charge on any atom is 0.253 e. The van der Waals surface area contributed by atoms with Crippen molar-refractivity contribution in [1.82, 2.24) is 14.9 Å². The summed E-state index contributed by atoms with van der Waals surface area (Å²) >= 11 is 0. The minimum absolute atomic E-state index is 0.0229. The van der Waals surface area contributed by atoms with Gasteiger partial charge in [0.2, 0.25) is 0 Å². The first-order valence-electron chi connectivity index (χ1n) is 11.2. The summed E-state index contributed by atoms with van der Waals surface area (Å²) in [5.41, 5.74) is 2.53. The predicted octanol–water partition coefficient (Wildman–Crippen LogP) is 3.67. The van der Waals surface area contributed by atoms with Crippen LogP contribution in [-0.4, -0.2) is 60.2 Å². The largest absolute Gasteiger partial charge is 0.490 e. The molecule has 168 valence electrons. The third-order valence-corrected chi connectivity index (χ3v) is 5.85. The van der Waals surface area contributed by atoms with Gasteiger partial charge in [0.25, 0.3) is 5.91 Å². The van der Waals surface area contributed by atoms with Crippen molar-refractivity contribution >= 4 is 17.8 Å². The summed E-state index contributed by atoms with van der Waals surface area (Å²) in [5, 5.41) is 0. The average molecular weight is 443 g/mol. The van der Waals surface area contributed by atoms with Gasteiger partial charge >= 0.3 is 0 Å². The number of carbonyl (C=O) groups is 1. The Morgan fingerprint density at radius 2 is 1.85 bits per heavy atom. The minimum Gasteiger partial charge on any atom is -0.490 e. The third kappa shape index (κ3) is 4.39. The molecule has 0 aliphatic carbocycles. The lowest BCUT2D eigenvalue weighted by atomic mass is 10.1. The van der Waals surface area contributed by atoms with Crippen LogP contribution in [-0.2, 0) is 4.79 Å². The van der Waals surface area contributed by atoms with E-state index in [4.69, 9.17) is 14.5 Å². The van der Waals surface area contributed by atoms with E-state index in [1.165, 1.54) is 0 Å². The van der Waals surface area contributed by atoms with Crippen LogP contribution in [0.2, 0.25) is 0 Å². The molecular formula is C26H26N4O3. The fourth-order valence-corrected chi connectivity index (χ4v) is 4.17. The van der Waals surface area contributed by atoms with Crippen LogP contribution in [0.4, 0.5) is 5.82 Å². The maximum absolute atomic E-state index is 13.2. The van der Waals surface area contributed by atoms with E-state index in [1.807, 2.05) is 72.5 Å². The molecule has 0 radical (unpaired) electrons. The smallest absolute Gasteiger partial charge is 0.253 e. The van der Waals surface area contributed by atoms with Crippen molar-refractivity contribution in [3.8, 4) is 22.9 Å². The summed E-state index contributed by atoms with van der Waals surface area (Å²) in [4.78, 5) is 26.4. The van der Waals surface area contributed by atoms with Crippen LogP contribution in [0.15, 0.2) is 66.4 Å². The first-order chi connectivity index (χ1) is 16.2. The van der Waals surface area contributed by atoms with Crippen molar-refractivity contribution < 1.29 is 14.3 Å². The second-order valence-electron chi connectivity index (χ2n) is 7.95. The molecule has 1 fully saturated rings. The molecule has 0 bridgehead atoms. The molecule has 0 spiro atoms. The number of ether oxygens (including phenoxy) is 2. The van der Waals surface area contributed by atoms with Gasteiger partial charge in [0.15, 0.2) is 17.3 Å². The summed E-state index contributed by atoms with van der Waals surface area (Å²) in [6.45, 7) is 5.46. The Bertz CT molecular complexity index is 1170. The van der Waals surface area contributed by atoms with Gasteiger partial charge in [-0.3, -0.25) is 4.79 Å². The zero-order chi connectivity index (χ0) is 22.6. The number of benzene rings is 2. The number of aromatic nitrogens is 2. The number of rotatable bonds is 5. The number of nitrogens with zero attached hydrogens (tertiary/aromatic N) is 4. The minimum atomic E-state index is 0.0229. The predicted molar refractivity (Wildman–Crippen MR) is 127 cm³/mol. The average Bonchev–Trinajstić information content (AvgIpc) is 2.89. The van der Waals surface area contributed by atoms with Crippen molar-refractivity contribution in [2.24, 2.45) is 0 Å². The van der Waals surface area contributed by atoms with Crippen LogP contribution in [0.3, 0.4) is 0 Å². The third-order valence-electron chi connectivity index (χ3n) is 5.85. The van der Waals surface area contributed by atoms with Crippen LogP contribution >= 0.6 is 0 Å². The first-order valence-corrected chi connectivity index (χ1v) is 11.2. The van der Waals surface area contributed by atoms with Gasteiger partial charge in [-0.2, -0.15) is 0 Å². The van der Waals surface area contributed by atoms with E-state index in [0.29, 0.717) is 42.6 Å². The molecule has 7 nitrogen and oxygen atoms in total. The summed E-state index contributed by atoms with van der Waals surface area (Å²) < 4.78 is 11.6. The fourth-order valence-electron chi connectivity index (χ4n) is 4.17. The monoisotopic (exact) mass is 442 g/mol. The van der Waals surface area contributed by atoms with E-state index in [2.05, 4.69) is 9.88 Å². The zero-order valence-electron chi connectivity index (χ0n) is 18.6. The fraction of sp³-hybridized carbons (Fsp3) is 0.269. The molecule has 5 rings (SSSR count). The number of fused-ring (bicyclic) bond motifs is 1. The molecule has 2 aliphatic rings. The Hall–Kier alpha value is -3.87. The number of hydrogen-bond acceptors (Lipinski definition) is 6. The topological polar surface area (TPSA) is 67.8 Å². The van der Waals surface area contributed by atoms with Crippen LogP contribution in [0.5, 0.6) is 11.5 Å². The molecule has 1 aromatic heterocycles. The second-order valence-corrected chi connectivity index (χ2v) is 7.95. The van der Waals surface area contributed by atoms with Gasteiger partial charge < -0.3 is 19.3 Å². The standard InChI is InChI=1S/C26H26N4O3/c1-2-32-22-10-6-9-20-17-21(18-33-24(20)22)26(31)30-15-13-29(14-16-30)23-11-12-27-25(28-23)19-7-4-3-5-8-19/h3-12,17H,2,13-16,18H2,1H3. The van der Waals surface area contributed by atoms with Gasteiger partial charge in [0.1, 0.15) is 12.4 Å². The number of para-hydroxylation sites is 1. The van der Waals surface area contributed by atoms with Gasteiger partial charge in [0.05, 0.1) is 12.2 Å². The normalized spacial score (nSPS) is 15.4. The summed E-state index contributed by atoms with van der Waals surface area (Å²) in [6, 6.07) is 17.6. The Kier molecular flexibility index (Phi) is 5.93. The van der Waals surface area contributed by atoms with Crippen LogP contribution in [0, 0.1) is 0 Å². The molecule has 0 atom stereocenters. The highest BCUT2D eigenvalue weighted by molar-refractivity contribution is 5.99. The first kappa shape index (κ1) is 21.0. The summed E-state index contributed by atoms with van der Waals surface area (Å²) in [5.74, 6) is 3.04. The van der Waals surface area contributed by atoms with Crippen molar-refractivity contribution in [2.75, 3.05) is 44.3 Å². The molecule has 3 aromatic rings. The highest BCUT2D eigenvalue weighted by atomic mass is 16.5. The SMILES string of the molecule is CCOc1cccc2c1OCC(C(=O)N1CCN(c3ccnc(-c4ccccc4)n3)CC1)=C2. The van der Waals surface area contributed by atoms with Gasteiger partial charge in [-0.1, -0.05) is 42.5 Å². The van der Waals surface area contributed by atoms with E-state index >= 15 is 0 Å². The molecule has 0 unspecified atom stereocenters. The van der Waals surface area contributed by atoms with Gasteiger partial charge in [-0.15, -0.1) is 0 Å². The van der Waals surface area contributed by atoms with Crippen molar-refractivity contribution in [2.45, 2.75) is 6.92 Å². The number of amides is 1. The van der Waals surface area contributed by atoms with Crippen molar-refractivity contribution in [1.29, 1.82) is 0 Å². The number of carbonyl (C=O) groups excluding carboxylic acids is 1. The van der Waals surface area contributed by atoms with Crippen molar-refractivity contribution in [3.63, 3.8) is 0 Å². The molecule has 1 amide bonds. The number of hydrogen-bond donors (Lipinski definition) is 0. The van der Waals surface area contributed by atoms with Crippen molar-refractivity contribution in [3.05, 3.63) is 71.9 Å². The van der Waals surface area contributed by atoms with Crippen LogP contribution < -0.4 is 14.4 Å². The molecular weight excluding hydrogens is 416 g/mol. The van der Waals surface area contributed by atoms with Gasteiger partial charge in [0, 0.05) is 43.5 Å². The van der Waals surface area contributed by atoms with E-state index in [9.17, 15) is 4.79 Å². The second kappa shape index (κ2) is 9.32. The number of anilines is 1. The Morgan fingerprint density at radius 1 is 1.03 bits per heavy atom. The molecule has 3 heterocycles. The summed E-state index contributed by atoms with van der Waals surface area (Å²) in [7, 11) is 0. The van der Waals surface area contributed by atoms with E-state index in [0.717, 1.165) is 30.0 Å². The molecule has 0 N–H and O–H groups in total. The van der Waals surface area contributed by atoms with Crippen LogP contribution in [0.25, 0.3) is 17.5 Å². The maximum atomic E-state index is 13.2.